The molecule has 1 N–H and O–H groups in total. The molecule has 1 heterocycles. The Morgan fingerprint density at radius 2 is 2.00 bits per heavy atom. The van der Waals surface area contributed by atoms with Gasteiger partial charge >= 0.3 is 0 Å². The minimum atomic E-state index is -0.0119. The predicted octanol–water partition coefficient (Wildman–Crippen LogP) is 2.51. The van der Waals surface area contributed by atoms with Gasteiger partial charge in [-0.1, -0.05) is 11.6 Å². The summed E-state index contributed by atoms with van der Waals surface area (Å²) >= 11 is 5.79. The van der Waals surface area contributed by atoms with Crippen molar-refractivity contribution in [1.82, 2.24) is 10.2 Å². The van der Waals surface area contributed by atoms with E-state index < -0.39 is 0 Å². The van der Waals surface area contributed by atoms with Crippen LogP contribution in [0.1, 0.15) is 36.0 Å². The van der Waals surface area contributed by atoms with Crippen LogP contribution in [0.2, 0.25) is 5.02 Å². The number of benzene rings is 1. The number of carbonyl (C=O) groups excluding carboxylic acids is 2. The molecule has 114 valence electrons. The molecule has 1 aliphatic rings. The molecule has 1 atom stereocenters. The molecular formula is C16H21ClN2O2. The van der Waals surface area contributed by atoms with Crippen LogP contribution in [0.3, 0.4) is 0 Å². The lowest BCUT2D eigenvalue weighted by Gasteiger charge is -2.32. The molecule has 1 fully saturated rings. The second-order valence-electron chi connectivity index (χ2n) is 5.40. The molecule has 0 aromatic heterocycles. The summed E-state index contributed by atoms with van der Waals surface area (Å²) in [5, 5.41) is 3.82. The van der Waals surface area contributed by atoms with Gasteiger partial charge in [-0.2, -0.15) is 0 Å². The van der Waals surface area contributed by atoms with Crippen LogP contribution in [-0.2, 0) is 4.79 Å². The van der Waals surface area contributed by atoms with Gasteiger partial charge in [-0.15, -0.1) is 0 Å². The highest BCUT2D eigenvalue weighted by Crippen LogP contribution is 2.14. The van der Waals surface area contributed by atoms with Crippen molar-refractivity contribution in [2.75, 3.05) is 20.1 Å². The first-order valence-corrected chi connectivity index (χ1v) is 7.71. The Morgan fingerprint density at radius 1 is 1.29 bits per heavy atom. The number of piperidine rings is 1. The molecule has 0 saturated carbocycles. The maximum atomic E-state index is 12.2. The van der Waals surface area contributed by atoms with Gasteiger partial charge in [0.25, 0.3) is 0 Å². The topological polar surface area (TPSA) is 49.4 Å². The number of nitrogens with one attached hydrogen (secondary N) is 1. The van der Waals surface area contributed by atoms with E-state index in [4.69, 9.17) is 11.6 Å². The van der Waals surface area contributed by atoms with Crippen molar-refractivity contribution in [3.8, 4) is 0 Å². The van der Waals surface area contributed by atoms with Crippen molar-refractivity contribution < 1.29 is 9.59 Å². The van der Waals surface area contributed by atoms with Crippen LogP contribution in [0.4, 0.5) is 0 Å². The van der Waals surface area contributed by atoms with Crippen molar-refractivity contribution >= 4 is 23.3 Å². The lowest BCUT2D eigenvalue weighted by Crippen LogP contribution is -2.47. The maximum Gasteiger partial charge on any atom is 0.223 e. The number of hydrogen-bond donors (Lipinski definition) is 1. The quantitative estimate of drug-likeness (QED) is 0.850. The molecule has 0 bridgehead atoms. The van der Waals surface area contributed by atoms with Crippen LogP contribution in [-0.4, -0.2) is 42.8 Å². The smallest absolute Gasteiger partial charge is 0.223 e. The van der Waals surface area contributed by atoms with Gasteiger partial charge in [0.15, 0.2) is 5.78 Å². The molecule has 1 amide bonds. The van der Waals surface area contributed by atoms with Crippen LogP contribution < -0.4 is 5.32 Å². The molecule has 1 unspecified atom stereocenters. The highest BCUT2D eigenvalue weighted by atomic mass is 35.5. The molecule has 0 radical (unpaired) electrons. The van der Waals surface area contributed by atoms with Gasteiger partial charge < -0.3 is 10.2 Å². The molecule has 1 aliphatic heterocycles. The molecule has 0 aliphatic carbocycles. The average Bonchev–Trinajstić information content (AvgIpc) is 2.53. The molecule has 21 heavy (non-hydrogen) atoms. The third-order valence-electron chi connectivity index (χ3n) is 3.91. The van der Waals surface area contributed by atoms with E-state index >= 15 is 0 Å². The molecule has 0 spiro atoms. The molecule has 4 nitrogen and oxygen atoms in total. The highest BCUT2D eigenvalue weighted by molar-refractivity contribution is 6.30. The van der Waals surface area contributed by atoms with Crippen LogP contribution in [0, 0.1) is 0 Å². The van der Waals surface area contributed by atoms with E-state index in [2.05, 4.69) is 5.32 Å². The summed E-state index contributed by atoms with van der Waals surface area (Å²) in [5.41, 5.74) is 0.610. The summed E-state index contributed by atoms with van der Waals surface area (Å²) in [5.74, 6) is 0.0551. The fraction of sp³-hybridized carbons (Fsp3) is 0.500. The maximum absolute atomic E-state index is 12.2. The Labute approximate surface area is 130 Å². The first kappa shape index (κ1) is 16.0. The SMILES string of the molecule is CNC1CCCN(C(=O)CCC(=O)c2ccc(Cl)cc2)C1. The lowest BCUT2D eigenvalue weighted by atomic mass is 10.0. The molecule has 1 aromatic carbocycles. The minimum absolute atomic E-state index is 0.0119. The normalized spacial score (nSPS) is 18.6. The fourth-order valence-electron chi connectivity index (χ4n) is 2.60. The zero-order valence-electron chi connectivity index (χ0n) is 12.3. The summed E-state index contributed by atoms with van der Waals surface area (Å²) in [6.45, 7) is 1.54. The third-order valence-corrected chi connectivity index (χ3v) is 4.17. The second kappa shape index (κ2) is 7.57. The van der Waals surface area contributed by atoms with Crippen molar-refractivity contribution in [3.63, 3.8) is 0 Å². The predicted molar refractivity (Wildman–Crippen MR) is 83.7 cm³/mol. The van der Waals surface area contributed by atoms with Crippen LogP contribution in [0.5, 0.6) is 0 Å². The fourth-order valence-corrected chi connectivity index (χ4v) is 2.72. The van der Waals surface area contributed by atoms with Gasteiger partial charge in [-0.25, -0.2) is 0 Å². The largest absolute Gasteiger partial charge is 0.341 e. The van der Waals surface area contributed by atoms with E-state index in [9.17, 15) is 9.59 Å². The van der Waals surface area contributed by atoms with E-state index in [1.54, 1.807) is 24.3 Å². The third kappa shape index (κ3) is 4.55. The first-order valence-electron chi connectivity index (χ1n) is 7.34. The minimum Gasteiger partial charge on any atom is -0.341 e. The zero-order chi connectivity index (χ0) is 15.2. The number of rotatable bonds is 5. The number of hydrogen-bond acceptors (Lipinski definition) is 3. The highest BCUT2D eigenvalue weighted by Gasteiger charge is 2.22. The Balaban J connectivity index is 1.83. The summed E-state index contributed by atoms with van der Waals surface area (Å²) in [7, 11) is 1.92. The van der Waals surface area contributed by atoms with Gasteiger partial charge in [0.2, 0.25) is 5.91 Å². The molecule has 1 aromatic rings. The van der Waals surface area contributed by atoms with Crippen LogP contribution >= 0.6 is 11.6 Å². The number of halogens is 1. The summed E-state index contributed by atoms with van der Waals surface area (Å²) in [6.07, 6.45) is 2.64. The van der Waals surface area contributed by atoms with Gasteiger partial charge in [0.05, 0.1) is 0 Å². The Kier molecular flexibility index (Phi) is 5.76. The number of amides is 1. The van der Waals surface area contributed by atoms with Crippen molar-refractivity contribution in [1.29, 1.82) is 0 Å². The Morgan fingerprint density at radius 3 is 2.67 bits per heavy atom. The number of nitrogens with zero attached hydrogens (tertiary/aromatic N) is 1. The monoisotopic (exact) mass is 308 g/mol. The molecule has 5 heteroatoms. The number of likely N-dealkylation sites (tertiary alicyclic amines) is 1. The lowest BCUT2D eigenvalue weighted by molar-refractivity contribution is -0.132. The van der Waals surface area contributed by atoms with E-state index in [1.165, 1.54) is 0 Å². The number of Topliss-reactive ketones (excluding diaryl/α,β-unsaturated/α-hetero) is 1. The number of ketones is 1. The van der Waals surface area contributed by atoms with Gasteiger partial charge in [-0.3, -0.25) is 9.59 Å². The standard InChI is InChI=1S/C16H21ClN2O2/c1-18-14-3-2-10-19(11-14)16(21)9-8-15(20)12-4-6-13(17)7-5-12/h4-7,14,18H,2-3,8-11H2,1H3. The van der Waals surface area contributed by atoms with E-state index in [0.717, 1.165) is 25.9 Å². The summed E-state index contributed by atoms with van der Waals surface area (Å²) in [4.78, 5) is 26.1. The van der Waals surface area contributed by atoms with Gasteiger partial charge in [0, 0.05) is 42.6 Å². The zero-order valence-corrected chi connectivity index (χ0v) is 13.0. The van der Waals surface area contributed by atoms with E-state index in [-0.39, 0.29) is 24.5 Å². The average molecular weight is 309 g/mol. The van der Waals surface area contributed by atoms with Crippen molar-refractivity contribution in [2.45, 2.75) is 31.7 Å². The Hall–Kier alpha value is -1.39. The first-order chi connectivity index (χ1) is 10.1. The van der Waals surface area contributed by atoms with Crippen molar-refractivity contribution in [2.24, 2.45) is 0 Å². The van der Waals surface area contributed by atoms with Crippen LogP contribution in [0.15, 0.2) is 24.3 Å². The molecule has 2 rings (SSSR count). The number of likely N-dealkylation sites (N-methyl/N-ethyl adjacent to an activating group) is 1. The summed E-state index contributed by atoms with van der Waals surface area (Å²) < 4.78 is 0. The second-order valence-corrected chi connectivity index (χ2v) is 5.83. The summed E-state index contributed by atoms with van der Waals surface area (Å²) in [6, 6.07) is 7.16. The van der Waals surface area contributed by atoms with Crippen LogP contribution in [0.25, 0.3) is 0 Å². The van der Waals surface area contributed by atoms with E-state index in [0.29, 0.717) is 16.6 Å². The number of carbonyl (C=O) groups is 2. The van der Waals surface area contributed by atoms with E-state index in [1.807, 2.05) is 11.9 Å². The molecule has 1 saturated heterocycles. The molecular weight excluding hydrogens is 288 g/mol. The Bertz CT molecular complexity index is 502. The van der Waals surface area contributed by atoms with Gasteiger partial charge in [-0.05, 0) is 44.2 Å². The van der Waals surface area contributed by atoms with Crippen molar-refractivity contribution in [3.05, 3.63) is 34.9 Å². The van der Waals surface area contributed by atoms with Gasteiger partial charge in [0.1, 0.15) is 0 Å².